The number of fused-ring (bicyclic) bond motifs is 5. The van der Waals surface area contributed by atoms with Gasteiger partial charge in [-0.15, -0.1) is 21.9 Å². The molecular weight excluding hydrogens is 1200 g/mol. The van der Waals surface area contributed by atoms with Crippen LogP contribution in [0.25, 0.3) is 0 Å². The Kier molecular flexibility index (Phi) is 14.9. The molecule has 6 nitrogen and oxygen atoms in total. The van der Waals surface area contributed by atoms with E-state index in [4.69, 9.17) is 0 Å². The Balaban J connectivity index is 0.000000180. The molecule has 9 aromatic rings. The molecule has 0 bridgehead atoms. The van der Waals surface area contributed by atoms with Gasteiger partial charge in [-0.25, -0.2) is 92.6 Å². The molecule has 2 N–H and O–H groups in total. The zero-order valence-electron chi connectivity index (χ0n) is 43.0. The SMILES string of the molecule is Fc1c(F)c(F)c([B-](c2c(F)c(F)c(F)c(F)c2F)(c2c(F)c(F)c(F)c(F)c2F)c2c(F)c(F)c(F)c(F)c2F)c(F)c1F.O=C1Cc2cc(=O)n3c(c2C2=[NH+][C@H](c4ccccc4)[C@@H](c4ccccc4)N12)N[C@H](c1ccccc1)[C@H]3c1ccccc1. The number of carbonyl (C=O) groups is 1. The first-order chi connectivity index (χ1) is 41.4. The van der Waals surface area contributed by atoms with Gasteiger partial charge in [-0.1, -0.05) is 121 Å². The van der Waals surface area contributed by atoms with E-state index in [-0.39, 0.29) is 42.1 Å². The minimum absolute atomic E-state index is 0.0150. The number of rotatable bonds is 8. The van der Waals surface area contributed by atoms with Crippen LogP contribution in [0.3, 0.4) is 0 Å². The molecule has 8 aromatic carbocycles. The molecule has 0 saturated carbocycles. The average molecular weight is 1230 g/mol. The number of halogens is 20. The molecule has 1 aromatic heterocycles. The number of hydrogen-bond donors (Lipinski definition) is 2. The zero-order valence-corrected chi connectivity index (χ0v) is 43.0. The Hall–Kier alpha value is -9.69. The monoisotopic (exact) mass is 1230 g/mol. The summed E-state index contributed by atoms with van der Waals surface area (Å²) in [5.74, 6) is -69.9. The second-order valence-electron chi connectivity index (χ2n) is 20.0. The molecule has 0 aliphatic carbocycles. The topological polar surface area (TPSA) is 68.3 Å². The van der Waals surface area contributed by atoms with Crippen LogP contribution in [0.1, 0.15) is 57.5 Å². The van der Waals surface area contributed by atoms with E-state index in [1.807, 2.05) is 82.3 Å². The highest BCUT2D eigenvalue weighted by Crippen LogP contribution is 2.46. The van der Waals surface area contributed by atoms with E-state index in [2.05, 4.69) is 58.8 Å². The third-order valence-corrected chi connectivity index (χ3v) is 15.5. The van der Waals surface area contributed by atoms with E-state index in [0.29, 0.717) is 0 Å². The summed E-state index contributed by atoms with van der Waals surface area (Å²) < 4.78 is 296. The van der Waals surface area contributed by atoms with Crippen molar-refractivity contribution in [1.29, 1.82) is 0 Å². The first kappa shape index (κ1) is 59.1. The van der Waals surface area contributed by atoms with E-state index in [0.717, 1.165) is 45.0 Å². The maximum absolute atomic E-state index is 15.4. The van der Waals surface area contributed by atoms with Crippen molar-refractivity contribution < 1.29 is 97.6 Å². The van der Waals surface area contributed by atoms with Gasteiger partial charge in [0.15, 0.2) is 81.9 Å². The molecule has 87 heavy (non-hydrogen) atoms. The van der Waals surface area contributed by atoms with Crippen LogP contribution in [0, 0.1) is 116 Å². The molecule has 0 fully saturated rings. The minimum Gasteiger partial charge on any atom is -0.361 e. The van der Waals surface area contributed by atoms with Gasteiger partial charge in [0, 0.05) is 17.2 Å². The Morgan fingerprint density at radius 2 is 0.678 bits per heavy atom. The molecule has 3 aliphatic heterocycles. The number of hydrogen-bond acceptors (Lipinski definition) is 3. The van der Waals surface area contributed by atoms with Gasteiger partial charge in [0.25, 0.3) is 11.4 Å². The molecule has 4 heterocycles. The fourth-order valence-electron chi connectivity index (χ4n) is 11.9. The Morgan fingerprint density at radius 1 is 0.379 bits per heavy atom. The normalized spacial score (nSPS) is 16.9. The summed E-state index contributed by atoms with van der Waals surface area (Å²) in [5.41, 5.74) is -8.47. The van der Waals surface area contributed by atoms with Crippen LogP contribution in [-0.2, 0) is 11.2 Å². The van der Waals surface area contributed by atoms with Gasteiger partial charge in [0.05, 0.1) is 18.5 Å². The summed E-state index contributed by atoms with van der Waals surface area (Å²) >= 11 is 0. The highest BCUT2D eigenvalue weighted by Gasteiger charge is 2.56. The highest BCUT2D eigenvalue weighted by atomic mass is 19.2. The van der Waals surface area contributed by atoms with Gasteiger partial charge in [0.1, 0.15) is 64.1 Å². The van der Waals surface area contributed by atoms with Crippen molar-refractivity contribution >= 4 is 45.6 Å². The number of amidine groups is 1. The molecule has 12 rings (SSSR count). The second kappa shape index (κ2) is 22.0. The number of carbonyl (C=O) groups excluding carboxylic acids is 1. The number of nitrogens with one attached hydrogen (secondary N) is 2. The molecule has 1 amide bonds. The predicted molar refractivity (Wildman–Crippen MR) is 271 cm³/mol. The quantitative estimate of drug-likeness (QED) is 0.0690. The van der Waals surface area contributed by atoms with Crippen LogP contribution in [0.4, 0.5) is 93.6 Å². The summed E-state index contributed by atoms with van der Waals surface area (Å²) in [6.07, 6.45) is -7.05. The fraction of sp³-hybridized carbons (Fsp3) is 0.0833. The summed E-state index contributed by atoms with van der Waals surface area (Å²) in [6.45, 7) is 0. The maximum Gasteiger partial charge on any atom is 0.314 e. The van der Waals surface area contributed by atoms with Crippen molar-refractivity contribution in [1.82, 2.24) is 9.47 Å². The lowest BCUT2D eigenvalue weighted by Gasteiger charge is -2.44. The number of benzene rings is 8. The van der Waals surface area contributed by atoms with Crippen molar-refractivity contribution in [3.63, 3.8) is 0 Å². The molecule has 0 unspecified atom stereocenters. The van der Waals surface area contributed by atoms with E-state index in [9.17, 15) is 62.3 Å². The molecule has 3 aliphatic rings. The summed E-state index contributed by atoms with van der Waals surface area (Å²) in [7, 11) is 0. The summed E-state index contributed by atoms with van der Waals surface area (Å²) in [5, 5.41) is 3.77. The number of anilines is 1. The van der Waals surface area contributed by atoms with Gasteiger partial charge in [-0.2, -0.15) is 4.90 Å². The lowest BCUT2D eigenvalue weighted by molar-refractivity contribution is -0.502. The molecule has 0 saturated heterocycles. The molecular formula is C60H29BF20N4O2. The first-order valence-corrected chi connectivity index (χ1v) is 25.3. The van der Waals surface area contributed by atoms with E-state index in [1.165, 1.54) is 0 Å². The smallest absolute Gasteiger partial charge is 0.314 e. The van der Waals surface area contributed by atoms with E-state index >= 15 is 35.1 Å². The van der Waals surface area contributed by atoms with E-state index in [1.54, 1.807) is 6.07 Å². The highest BCUT2D eigenvalue weighted by molar-refractivity contribution is 7.20. The van der Waals surface area contributed by atoms with Gasteiger partial charge in [-0.3, -0.25) is 14.4 Å². The van der Waals surface area contributed by atoms with Gasteiger partial charge < -0.3 is 5.32 Å². The van der Waals surface area contributed by atoms with Gasteiger partial charge in [-0.05, 0) is 16.7 Å². The zero-order chi connectivity index (χ0) is 62.6. The molecule has 444 valence electrons. The fourth-order valence-corrected chi connectivity index (χ4v) is 11.9. The van der Waals surface area contributed by atoms with Crippen molar-refractivity contribution in [3.8, 4) is 0 Å². The third kappa shape index (κ3) is 8.84. The van der Waals surface area contributed by atoms with Crippen LogP contribution in [0.15, 0.2) is 132 Å². The maximum atomic E-state index is 15.4. The van der Waals surface area contributed by atoms with Crippen LogP contribution >= 0.6 is 0 Å². The van der Waals surface area contributed by atoms with Crippen LogP contribution in [0.5, 0.6) is 0 Å². The number of amides is 1. The second-order valence-corrected chi connectivity index (χ2v) is 20.0. The van der Waals surface area contributed by atoms with Crippen molar-refractivity contribution in [2.45, 2.75) is 30.6 Å². The molecule has 27 heteroatoms. The van der Waals surface area contributed by atoms with Crippen LogP contribution < -0.4 is 37.7 Å². The Bertz CT molecular complexity index is 4050. The van der Waals surface area contributed by atoms with Crippen molar-refractivity contribution in [3.05, 3.63) is 287 Å². The molecule has 0 spiro atoms. The lowest BCUT2D eigenvalue weighted by atomic mass is 9.12. The largest absolute Gasteiger partial charge is 0.361 e. The summed E-state index contributed by atoms with van der Waals surface area (Å²) in [4.78, 5) is 33.5. The Labute approximate surface area is 474 Å². The Morgan fingerprint density at radius 3 is 1.02 bits per heavy atom. The lowest BCUT2D eigenvalue weighted by Crippen LogP contribution is -2.81. The predicted octanol–water partition coefficient (Wildman–Crippen LogP) is 10.2. The number of nitrogens with zero attached hydrogens (tertiary/aromatic N) is 2. The minimum atomic E-state index is -7.22. The van der Waals surface area contributed by atoms with Gasteiger partial charge in [0.2, 0.25) is 0 Å². The van der Waals surface area contributed by atoms with Crippen molar-refractivity contribution in [2.24, 2.45) is 0 Å². The third-order valence-electron chi connectivity index (χ3n) is 15.5. The van der Waals surface area contributed by atoms with Crippen molar-refractivity contribution in [2.75, 3.05) is 5.32 Å². The van der Waals surface area contributed by atoms with Gasteiger partial charge >= 0.3 is 5.91 Å². The number of aromatic nitrogens is 1. The summed E-state index contributed by atoms with van der Waals surface area (Å²) in [6, 6.07) is 41.8. The molecule has 0 radical (unpaired) electrons. The molecule has 4 atom stereocenters. The van der Waals surface area contributed by atoms with Crippen LogP contribution in [0.2, 0.25) is 0 Å². The standard InChI is InChI=1S/C36H28N4O2.C24BF20/c41-28-21-27-22-29(42)40-34(26-19-11-4-12-20-26)32(24-15-7-2-8-16-24)38-36(40)30(27)35-37-31(23-13-5-1-6-14-23)33(39(28)35)25-17-9-3-10-18-25;26-5-1(6(27)14(35)21(42)13(5)34)25(2-7(28)15(36)22(43)16(37)8(2)29,3-9(30)17(38)23(44)18(39)10(3)31)4-11(32)19(40)24(45)20(41)12(4)33/h1-21,31-34,37H,22H2;/q;-1/p+1/t31-,32-,33-,34-;/m1./s1. The first-order valence-electron chi connectivity index (χ1n) is 25.3. The average Bonchev–Trinajstić information content (AvgIpc) is 0.985. The number of pyridine rings is 1. The van der Waals surface area contributed by atoms with Crippen LogP contribution in [-0.4, -0.2) is 27.4 Å². The van der Waals surface area contributed by atoms with E-state index < -0.39 is 144 Å².